The molecule has 6 heteroatoms. The molecule has 0 unspecified atom stereocenters. The highest BCUT2D eigenvalue weighted by Crippen LogP contribution is 2.29. The summed E-state index contributed by atoms with van der Waals surface area (Å²) in [5.41, 5.74) is 1.82. The molecule has 1 atom stereocenters. The number of piperazine rings is 1. The van der Waals surface area contributed by atoms with Gasteiger partial charge in [-0.3, -0.25) is 9.69 Å². The molecule has 1 saturated heterocycles. The Bertz CT molecular complexity index is 881. The highest BCUT2D eigenvalue weighted by molar-refractivity contribution is 6.30. The number of aliphatic carboxylic acids is 1. The lowest BCUT2D eigenvalue weighted by Gasteiger charge is -2.38. The Balaban J connectivity index is 1.52. The van der Waals surface area contributed by atoms with Gasteiger partial charge in [-0.1, -0.05) is 29.8 Å². The summed E-state index contributed by atoms with van der Waals surface area (Å²) in [6.07, 6.45) is 0. The summed E-state index contributed by atoms with van der Waals surface area (Å²) in [5.74, 6) is -0.400. The maximum atomic E-state index is 11.9. The van der Waals surface area contributed by atoms with Crippen molar-refractivity contribution in [3.8, 4) is 0 Å². The van der Waals surface area contributed by atoms with Crippen molar-refractivity contribution < 1.29 is 14.3 Å². The Kier molecular flexibility index (Phi) is 4.57. The van der Waals surface area contributed by atoms with Crippen molar-refractivity contribution in [1.82, 2.24) is 4.90 Å². The number of carbonyl (C=O) groups is 1. The van der Waals surface area contributed by atoms with Gasteiger partial charge in [-0.05, 0) is 36.4 Å². The van der Waals surface area contributed by atoms with Crippen molar-refractivity contribution in [1.29, 1.82) is 0 Å². The molecule has 2 heterocycles. The minimum Gasteiger partial charge on any atom is -0.480 e. The van der Waals surface area contributed by atoms with E-state index in [1.54, 1.807) is 0 Å². The maximum absolute atomic E-state index is 11.9. The largest absolute Gasteiger partial charge is 0.480 e. The van der Waals surface area contributed by atoms with Crippen LogP contribution in [0.4, 0.5) is 5.69 Å². The van der Waals surface area contributed by atoms with Gasteiger partial charge in [-0.2, -0.15) is 0 Å². The first-order valence-corrected chi connectivity index (χ1v) is 8.95. The summed E-state index contributed by atoms with van der Waals surface area (Å²) >= 11 is 5.95. The molecule has 26 heavy (non-hydrogen) atoms. The fourth-order valence-electron chi connectivity index (χ4n) is 3.49. The van der Waals surface area contributed by atoms with E-state index in [0.717, 1.165) is 24.2 Å². The summed E-state index contributed by atoms with van der Waals surface area (Å²) in [4.78, 5) is 16.1. The van der Waals surface area contributed by atoms with Gasteiger partial charge in [0.25, 0.3) is 0 Å². The van der Waals surface area contributed by atoms with E-state index in [2.05, 4.69) is 4.90 Å². The number of benzene rings is 2. The summed E-state index contributed by atoms with van der Waals surface area (Å²) in [6.45, 7) is 2.81. The van der Waals surface area contributed by atoms with Crippen molar-refractivity contribution in [2.45, 2.75) is 6.04 Å². The van der Waals surface area contributed by atoms with Crippen LogP contribution in [0.2, 0.25) is 5.02 Å². The van der Waals surface area contributed by atoms with Crippen LogP contribution in [0.25, 0.3) is 11.0 Å². The molecule has 0 aliphatic carbocycles. The van der Waals surface area contributed by atoms with Gasteiger partial charge in [0.1, 0.15) is 11.3 Å². The molecule has 4 rings (SSSR count). The van der Waals surface area contributed by atoms with Gasteiger partial charge < -0.3 is 14.4 Å². The second-order valence-electron chi connectivity index (χ2n) is 6.43. The van der Waals surface area contributed by atoms with Crippen molar-refractivity contribution >= 4 is 34.2 Å². The van der Waals surface area contributed by atoms with Crippen LogP contribution in [0.3, 0.4) is 0 Å². The molecule has 1 fully saturated rings. The molecular weight excluding hydrogens is 352 g/mol. The van der Waals surface area contributed by atoms with Gasteiger partial charge in [0.2, 0.25) is 0 Å². The molecule has 3 aromatic rings. The number of hydrogen-bond donors (Lipinski definition) is 1. The first-order valence-electron chi connectivity index (χ1n) is 8.58. The lowest BCUT2D eigenvalue weighted by atomic mass is 10.1. The molecule has 0 spiro atoms. The van der Waals surface area contributed by atoms with E-state index in [-0.39, 0.29) is 0 Å². The summed E-state index contributed by atoms with van der Waals surface area (Å²) < 4.78 is 5.82. The number of hydrogen-bond acceptors (Lipinski definition) is 4. The number of halogens is 1. The van der Waals surface area contributed by atoms with Crippen LogP contribution < -0.4 is 4.90 Å². The van der Waals surface area contributed by atoms with E-state index in [4.69, 9.17) is 16.0 Å². The molecule has 5 nitrogen and oxygen atoms in total. The Hall–Kier alpha value is -2.50. The molecule has 0 radical (unpaired) electrons. The predicted octanol–water partition coefficient (Wildman–Crippen LogP) is 4.03. The third-order valence-electron chi connectivity index (χ3n) is 4.82. The molecule has 1 aliphatic rings. The van der Waals surface area contributed by atoms with Crippen LogP contribution in [0.1, 0.15) is 11.8 Å². The quantitative estimate of drug-likeness (QED) is 0.751. The summed E-state index contributed by atoms with van der Waals surface area (Å²) in [6, 6.07) is 16.4. The highest BCUT2D eigenvalue weighted by atomic mass is 35.5. The fraction of sp³-hybridized carbons (Fsp3) is 0.250. The van der Waals surface area contributed by atoms with E-state index < -0.39 is 12.0 Å². The molecule has 1 aliphatic heterocycles. The monoisotopic (exact) mass is 370 g/mol. The van der Waals surface area contributed by atoms with Gasteiger partial charge in [-0.25, -0.2) is 0 Å². The SMILES string of the molecule is O=C(O)[C@H](c1cc2ccccc2o1)N1CCN(c2ccc(Cl)cc2)CC1. The summed E-state index contributed by atoms with van der Waals surface area (Å²) in [5, 5.41) is 11.4. The number of furan rings is 1. The van der Waals surface area contributed by atoms with Crippen LogP contribution in [-0.4, -0.2) is 42.2 Å². The average molecular weight is 371 g/mol. The van der Waals surface area contributed by atoms with Crippen molar-refractivity contribution in [3.05, 3.63) is 65.4 Å². The number of anilines is 1. The average Bonchev–Trinajstić information content (AvgIpc) is 3.06. The second kappa shape index (κ2) is 7.02. The van der Waals surface area contributed by atoms with E-state index in [1.807, 2.05) is 59.5 Å². The van der Waals surface area contributed by atoms with Crippen LogP contribution in [0.5, 0.6) is 0 Å². The first kappa shape index (κ1) is 16.9. The van der Waals surface area contributed by atoms with Gasteiger partial charge in [-0.15, -0.1) is 0 Å². The molecule has 0 amide bonds. The van der Waals surface area contributed by atoms with E-state index >= 15 is 0 Å². The van der Waals surface area contributed by atoms with Gasteiger partial charge >= 0.3 is 5.97 Å². The van der Waals surface area contributed by atoms with E-state index in [1.165, 1.54) is 0 Å². The molecular formula is C20H19ClN2O3. The molecule has 0 saturated carbocycles. The number of fused-ring (bicyclic) bond motifs is 1. The topological polar surface area (TPSA) is 56.9 Å². The van der Waals surface area contributed by atoms with Crippen LogP contribution in [-0.2, 0) is 4.79 Å². The van der Waals surface area contributed by atoms with E-state index in [9.17, 15) is 9.90 Å². The normalized spacial score (nSPS) is 16.7. The molecule has 134 valence electrons. The van der Waals surface area contributed by atoms with Gasteiger partial charge in [0.05, 0.1) is 0 Å². The van der Waals surface area contributed by atoms with Crippen LogP contribution in [0.15, 0.2) is 59.0 Å². The minimum absolute atomic E-state index is 0.485. The van der Waals surface area contributed by atoms with Crippen LogP contribution in [0, 0.1) is 0 Å². The minimum atomic E-state index is -0.885. The Morgan fingerprint density at radius 3 is 2.38 bits per heavy atom. The maximum Gasteiger partial charge on any atom is 0.328 e. The zero-order valence-electron chi connectivity index (χ0n) is 14.1. The number of para-hydroxylation sites is 1. The van der Waals surface area contributed by atoms with E-state index in [0.29, 0.717) is 29.5 Å². The molecule has 0 bridgehead atoms. The van der Waals surface area contributed by atoms with Crippen molar-refractivity contribution in [3.63, 3.8) is 0 Å². The second-order valence-corrected chi connectivity index (χ2v) is 6.86. The number of carboxylic acids is 1. The smallest absolute Gasteiger partial charge is 0.328 e. The zero-order chi connectivity index (χ0) is 18.1. The third kappa shape index (κ3) is 3.28. The first-order chi connectivity index (χ1) is 12.6. The Morgan fingerprint density at radius 1 is 1.04 bits per heavy atom. The molecule has 1 N–H and O–H groups in total. The Labute approximate surface area is 156 Å². The van der Waals surface area contributed by atoms with Crippen molar-refractivity contribution in [2.24, 2.45) is 0 Å². The number of nitrogens with zero attached hydrogens (tertiary/aromatic N) is 2. The van der Waals surface area contributed by atoms with Crippen molar-refractivity contribution in [2.75, 3.05) is 31.1 Å². The highest BCUT2D eigenvalue weighted by Gasteiger charge is 2.33. The number of rotatable bonds is 4. The fourth-order valence-corrected chi connectivity index (χ4v) is 3.61. The zero-order valence-corrected chi connectivity index (χ0v) is 14.9. The summed E-state index contributed by atoms with van der Waals surface area (Å²) in [7, 11) is 0. The Morgan fingerprint density at radius 2 is 1.73 bits per heavy atom. The van der Waals surface area contributed by atoms with Crippen LogP contribution >= 0.6 is 11.6 Å². The standard InChI is InChI=1S/C20H19ClN2O3/c21-15-5-7-16(8-6-15)22-9-11-23(12-10-22)19(20(24)25)18-13-14-3-1-2-4-17(14)26-18/h1-8,13,19H,9-12H2,(H,24,25)/t19-/m0/s1. The lowest BCUT2D eigenvalue weighted by Crippen LogP contribution is -2.49. The number of carboxylic acid groups (broad SMARTS) is 1. The molecule has 2 aromatic carbocycles. The van der Waals surface area contributed by atoms with Gasteiger partial charge in [0.15, 0.2) is 6.04 Å². The van der Waals surface area contributed by atoms with Gasteiger partial charge in [0, 0.05) is 42.3 Å². The third-order valence-corrected chi connectivity index (χ3v) is 5.07. The predicted molar refractivity (Wildman–Crippen MR) is 102 cm³/mol. The molecule has 1 aromatic heterocycles. The lowest BCUT2D eigenvalue weighted by molar-refractivity contribution is -0.144.